The van der Waals surface area contributed by atoms with E-state index in [4.69, 9.17) is 9.47 Å². The minimum atomic E-state index is -0.438. The maximum Gasteiger partial charge on any atom is 0.269 e. The average molecular weight is 529 g/mol. The monoisotopic (exact) mass is 529 g/mol. The predicted molar refractivity (Wildman–Crippen MR) is 128 cm³/mol. The molecule has 0 atom stereocenters. The number of nitrogens with zero attached hydrogens (tertiary/aromatic N) is 1. The Hall–Kier alpha value is -3.20. The summed E-state index contributed by atoms with van der Waals surface area (Å²) in [4.78, 5) is 22.7. The molecule has 3 aromatic carbocycles. The van der Waals surface area contributed by atoms with Crippen LogP contribution in [-0.2, 0) is 6.61 Å². The van der Waals surface area contributed by atoms with Gasteiger partial charge in [0.2, 0.25) is 0 Å². The molecular formula is C24H20INO5. The number of aryl methyl sites for hydroxylation is 1. The van der Waals surface area contributed by atoms with Gasteiger partial charge in [0.05, 0.1) is 15.6 Å². The van der Waals surface area contributed by atoms with Gasteiger partial charge >= 0.3 is 0 Å². The minimum Gasteiger partial charge on any atom is -0.493 e. The number of methoxy groups -OCH3 is 1. The summed E-state index contributed by atoms with van der Waals surface area (Å²) in [6.07, 6.45) is 3.28. The Kier molecular flexibility index (Phi) is 7.41. The molecule has 3 rings (SSSR count). The standard InChI is InChI=1S/C24H20INO5/c1-16-3-8-19(9-4-16)22(27)12-7-18-13-21(25)24(23(14-18)30-2)31-15-17-5-10-20(11-6-17)26(28)29/h3-14H,15H2,1-2H3/b12-7+. The van der Waals surface area contributed by atoms with E-state index < -0.39 is 4.92 Å². The molecule has 0 saturated heterocycles. The number of rotatable bonds is 8. The second-order valence-electron chi connectivity index (χ2n) is 6.81. The molecule has 0 aromatic heterocycles. The second-order valence-corrected chi connectivity index (χ2v) is 7.97. The van der Waals surface area contributed by atoms with Gasteiger partial charge in [-0.2, -0.15) is 0 Å². The van der Waals surface area contributed by atoms with Crippen LogP contribution in [0.1, 0.15) is 27.0 Å². The van der Waals surface area contributed by atoms with Crippen molar-refractivity contribution in [2.75, 3.05) is 7.11 Å². The van der Waals surface area contributed by atoms with Crippen molar-refractivity contribution in [1.82, 2.24) is 0 Å². The summed E-state index contributed by atoms with van der Waals surface area (Å²) >= 11 is 2.15. The van der Waals surface area contributed by atoms with Crippen molar-refractivity contribution in [2.45, 2.75) is 13.5 Å². The Morgan fingerprint density at radius 2 is 1.77 bits per heavy atom. The number of nitro benzene ring substituents is 1. The lowest BCUT2D eigenvalue weighted by Crippen LogP contribution is -2.00. The first-order valence-corrected chi connectivity index (χ1v) is 10.5. The van der Waals surface area contributed by atoms with E-state index >= 15 is 0 Å². The Morgan fingerprint density at radius 1 is 1.10 bits per heavy atom. The molecule has 31 heavy (non-hydrogen) atoms. The molecule has 0 bridgehead atoms. The Bertz CT molecular complexity index is 1120. The van der Waals surface area contributed by atoms with Gasteiger partial charge in [-0.25, -0.2) is 0 Å². The number of non-ortho nitro benzene ring substituents is 1. The van der Waals surface area contributed by atoms with Gasteiger partial charge in [-0.15, -0.1) is 0 Å². The molecule has 0 aliphatic rings. The van der Waals surface area contributed by atoms with Crippen LogP contribution < -0.4 is 9.47 Å². The Balaban J connectivity index is 1.74. The topological polar surface area (TPSA) is 78.7 Å². The first kappa shape index (κ1) is 22.5. The fourth-order valence-corrected chi connectivity index (χ4v) is 3.61. The van der Waals surface area contributed by atoms with E-state index in [1.165, 1.54) is 18.2 Å². The molecule has 158 valence electrons. The number of nitro groups is 1. The van der Waals surface area contributed by atoms with Crippen molar-refractivity contribution in [3.05, 3.63) is 103 Å². The zero-order chi connectivity index (χ0) is 22.4. The van der Waals surface area contributed by atoms with Crippen LogP contribution in [0.3, 0.4) is 0 Å². The normalized spacial score (nSPS) is 10.8. The molecule has 0 aliphatic carbocycles. The van der Waals surface area contributed by atoms with E-state index in [0.29, 0.717) is 17.1 Å². The van der Waals surface area contributed by atoms with Gasteiger partial charge in [0.1, 0.15) is 6.61 Å². The second kappa shape index (κ2) is 10.2. The van der Waals surface area contributed by atoms with Gasteiger partial charge in [-0.1, -0.05) is 35.9 Å². The van der Waals surface area contributed by atoms with Gasteiger partial charge in [-0.3, -0.25) is 14.9 Å². The van der Waals surface area contributed by atoms with E-state index in [1.807, 2.05) is 37.3 Å². The number of ketones is 1. The van der Waals surface area contributed by atoms with Crippen LogP contribution in [0.25, 0.3) is 6.08 Å². The number of carbonyl (C=O) groups excluding carboxylic acids is 1. The van der Waals surface area contributed by atoms with Crippen LogP contribution in [0.15, 0.2) is 66.7 Å². The highest BCUT2D eigenvalue weighted by Crippen LogP contribution is 2.35. The quantitative estimate of drug-likeness (QED) is 0.118. The van der Waals surface area contributed by atoms with Gasteiger partial charge in [0.15, 0.2) is 17.3 Å². The summed E-state index contributed by atoms with van der Waals surface area (Å²) in [5, 5.41) is 10.8. The molecule has 0 amide bonds. The zero-order valence-electron chi connectivity index (χ0n) is 17.0. The van der Waals surface area contributed by atoms with E-state index in [1.54, 1.807) is 31.4 Å². The fourth-order valence-electron chi connectivity index (χ4n) is 2.83. The first-order valence-electron chi connectivity index (χ1n) is 9.40. The number of benzene rings is 3. The lowest BCUT2D eigenvalue weighted by Gasteiger charge is -2.13. The van der Waals surface area contributed by atoms with Gasteiger partial charge in [-0.05, 0) is 71.0 Å². The SMILES string of the molecule is COc1cc(/C=C/C(=O)c2ccc(C)cc2)cc(I)c1OCc1ccc([N+](=O)[O-])cc1. The third-order valence-electron chi connectivity index (χ3n) is 4.55. The van der Waals surface area contributed by atoms with E-state index in [0.717, 1.165) is 20.3 Å². The fraction of sp³-hybridized carbons (Fsp3) is 0.125. The van der Waals surface area contributed by atoms with Crippen LogP contribution >= 0.6 is 22.6 Å². The largest absolute Gasteiger partial charge is 0.493 e. The van der Waals surface area contributed by atoms with Crippen molar-refractivity contribution in [2.24, 2.45) is 0 Å². The van der Waals surface area contributed by atoms with Crippen molar-refractivity contribution >= 4 is 40.1 Å². The predicted octanol–water partition coefficient (Wildman–Crippen LogP) is 5.99. The molecule has 0 radical (unpaired) electrons. The molecule has 0 aliphatic heterocycles. The maximum atomic E-state index is 12.4. The number of allylic oxidation sites excluding steroid dienone is 1. The smallest absolute Gasteiger partial charge is 0.269 e. The number of ether oxygens (including phenoxy) is 2. The Morgan fingerprint density at radius 3 is 2.39 bits per heavy atom. The van der Waals surface area contributed by atoms with Crippen molar-refractivity contribution < 1.29 is 19.2 Å². The number of hydrogen-bond donors (Lipinski definition) is 0. The lowest BCUT2D eigenvalue weighted by atomic mass is 10.1. The van der Waals surface area contributed by atoms with Gasteiger partial charge in [0.25, 0.3) is 5.69 Å². The van der Waals surface area contributed by atoms with E-state index in [2.05, 4.69) is 22.6 Å². The summed E-state index contributed by atoms with van der Waals surface area (Å²) < 4.78 is 12.2. The van der Waals surface area contributed by atoms with Crippen LogP contribution in [-0.4, -0.2) is 17.8 Å². The third-order valence-corrected chi connectivity index (χ3v) is 5.35. The van der Waals surface area contributed by atoms with Gasteiger partial charge in [0, 0.05) is 17.7 Å². The molecule has 0 N–H and O–H groups in total. The molecule has 0 heterocycles. The van der Waals surface area contributed by atoms with Crippen molar-refractivity contribution in [3.8, 4) is 11.5 Å². The molecule has 3 aromatic rings. The lowest BCUT2D eigenvalue weighted by molar-refractivity contribution is -0.384. The highest BCUT2D eigenvalue weighted by atomic mass is 127. The van der Waals surface area contributed by atoms with E-state index in [-0.39, 0.29) is 18.1 Å². The molecular weight excluding hydrogens is 509 g/mol. The zero-order valence-corrected chi connectivity index (χ0v) is 19.2. The molecule has 7 heteroatoms. The Labute approximate surface area is 193 Å². The van der Waals surface area contributed by atoms with E-state index in [9.17, 15) is 14.9 Å². The summed E-state index contributed by atoms with van der Waals surface area (Å²) in [5.41, 5.74) is 3.38. The average Bonchev–Trinajstić information content (AvgIpc) is 2.77. The number of halogens is 1. The van der Waals surface area contributed by atoms with Crippen molar-refractivity contribution in [1.29, 1.82) is 0 Å². The summed E-state index contributed by atoms with van der Waals surface area (Å²) in [6.45, 7) is 2.22. The molecule has 0 spiro atoms. The minimum absolute atomic E-state index is 0.0345. The number of carbonyl (C=O) groups is 1. The number of hydrogen-bond acceptors (Lipinski definition) is 5. The van der Waals surface area contributed by atoms with Crippen LogP contribution in [0.2, 0.25) is 0 Å². The van der Waals surface area contributed by atoms with Gasteiger partial charge < -0.3 is 9.47 Å². The summed E-state index contributed by atoms with van der Waals surface area (Å²) in [6, 6.07) is 17.3. The highest BCUT2D eigenvalue weighted by molar-refractivity contribution is 14.1. The summed E-state index contributed by atoms with van der Waals surface area (Å²) in [5.74, 6) is 1.03. The molecule has 0 saturated carbocycles. The highest BCUT2D eigenvalue weighted by Gasteiger charge is 2.12. The van der Waals surface area contributed by atoms with Crippen LogP contribution in [0, 0.1) is 20.6 Å². The van der Waals surface area contributed by atoms with Crippen LogP contribution in [0.5, 0.6) is 11.5 Å². The molecule has 0 fully saturated rings. The maximum absolute atomic E-state index is 12.4. The van der Waals surface area contributed by atoms with Crippen molar-refractivity contribution in [3.63, 3.8) is 0 Å². The van der Waals surface area contributed by atoms with Crippen LogP contribution in [0.4, 0.5) is 5.69 Å². The molecule has 0 unspecified atom stereocenters. The summed E-state index contributed by atoms with van der Waals surface area (Å²) in [7, 11) is 1.55. The third kappa shape index (κ3) is 5.91. The molecule has 6 nitrogen and oxygen atoms in total. The first-order chi connectivity index (χ1) is 14.9.